The van der Waals surface area contributed by atoms with Gasteiger partial charge in [0.2, 0.25) is 0 Å². The molecule has 5 heteroatoms. The molecule has 0 saturated heterocycles. The Balaban J connectivity index is 2.15. The quantitative estimate of drug-likeness (QED) is 0.909. The Morgan fingerprint density at radius 2 is 2.16 bits per heavy atom. The summed E-state index contributed by atoms with van der Waals surface area (Å²) in [4.78, 5) is 0. The molecule has 0 spiro atoms. The average molecular weight is 339 g/mol. The van der Waals surface area contributed by atoms with Crippen LogP contribution in [0.4, 0.5) is 5.69 Å². The van der Waals surface area contributed by atoms with Crippen molar-refractivity contribution in [3.63, 3.8) is 0 Å². The van der Waals surface area contributed by atoms with Gasteiger partial charge in [-0.05, 0) is 52.7 Å². The van der Waals surface area contributed by atoms with Crippen molar-refractivity contribution < 1.29 is 0 Å². The van der Waals surface area contributed by atoms with E-state index in [1.54, 1.807) is 0 Å². The fourth-order valence-electron chi connectivity index (χ4n) is 1.85. The van der Waals surface area contributed by atoms with Gasteiger partial charge < -0.3 is 9.88 Å². The summed E-state index contributed by atoms with van der Waals surface area (Å²) in [5.74, 6) is 0. The van der Waals surface area contributed by atoms with Crippen molar-refractivity contribution in [3.8, 4) is 6.07 Å². The largest absolute Gasteiger partial charge is 0.381 e. The molecule has 1 heterocycles. The molecule has 0 amide bonds. The van der Waals surface area contributed by atoms with Gasteiger partial charge in [0.1, 0.15) is 11.8 Å². The topological polar surface area (TPSA) is 40.8 Å². The summed E-state index contributed by atoms with van der Waals surface area (Å²) < 4.78 is 2.76. The summed E-state index contributed by atoms with van der Waals surface area (Å²) in [6.45, 7) is 2.69. The summed E-state index contributed by atoms with van der Waals surface area (Å²) in [5, 5.41) is 13.0. The molecule has 2 aromatic rings. The van der Waals surface area contributed by atoms with Crippen molar-refractivity contribution in [1.29, 1.82) is 5.26 Å². The zero-order chi connectivity index (χ0) is 14.0. The molecule has 1 N–H and O–H groups in total. The van der Waals surface area contributed by atoms with Crippen LogP contribution in [0.5, 0.6) is 0 Å². The summed E-state index contributed by atoms with van der Waals surface area (Å²) in [6, 6.07) is 9.79. The van der Waals surface area contributed by atoms with Crippen LogP contribution < -0.4 is 5.32 Å². The minimum absolute atomic E-state index is 0.673. The number of rotatable bonds is 3. The molecule has 98 valence electrons. The van der Waals surface area contributed by atoms with Crippen LogP contribution in [0.3, 0.4) is 0 Å². The number of nitrogens with one attached hydrogen (secondary N) is 1. The van der Waals surface area contributed by atoms with E-state index in [2.05, 4.69) is 27.3 Å². The highest BCUT2D eigenvalue weighted by atomic mass is 79.9. The minimum atomic E-state index is 0.673. The minimum Gasteiger partial charge on any atom is -0.381 e. The van der Waals surface area contributed by atoms with Crippen LogP contribution in [0.2, 0.25) is 5.02 Å². The molecule has 0 aliphatic carbocycles. The average Bonchev–Trinajstić information content (AvgIpc) is 2.67. The van der Waals surface area contributed by atoms with Crippen molar-refractivity contribution in [2.24, 2.45) is 7.05 Å². The molecule has 0 fully saturated rings. The highest BCUT2D eigenvalue weighted by molar-refractivity contribution is 9.10. The van der Waals surface area contributed by atoms with Crippen molar-refractivity contribution in [3.05, 3.63) is 50.7 Å². The number of anilines is 1. The molecule has 2 rings (SSSR count). The van der Waals surface area contributed by atoms with Crippen LogP contribution >= 0.6 is 27.5 Å². The van der Waals surface area contributed by atoms with Gasteiger partial charge in [-0.2, -0.15) is 5.26 Å². The molecule has 1 aromatic heterocycles. The lowest BCUT2D eigenvalue weighted by atomic mass is 10.2. The van der Waals surface area contributed by atoms with Gasteiger partial charge in [-0.15, -0.1) is 0 Å². The standard InChI is InChI=1S/C14H13BrClN3/c1-9-10(5-12(7-17)19(9)2)8-18-11-3-4-14(16)13(15)6-11/h3-6,18H,8H2,1-2H3. The van der Waals surface area contributed by atoms with Crippen molar-refractivity contribution >= 4 is 33.2 Å². The molecular weight excluding hydrogens is 326 g/mol. The summed E-state index contributed by atoms with van der Waals surface area (Å²) >= 11 is 9.35. The first-order valence-corrected chi connectivity index (χ1v) is 6.94. The van der Waals surface area contributed by atoms with Crippen LogP contribution in [-0.4, -0.2) is 4.57 Å². The molecule has 0 aliphatic heterocycles. The molecule has 0 radical (unpaired) electrons. The molecule has 1 aromatic carbocycles. The van der Waals surface area contributed by atoms with Gasteiger partial charge in [-0.3, -0.25) is 0 Å². The van der Waals surface area contributed by atoms with Crippen LogP contribution in [0.25, 0.3) is 0 Å². The number of aromatic nitrogens is 1. The zero-order valence-electron chi connectivity index (χ0n) is 10.7. The molecule has 0 aliphatic rings. The fraction of sp³-hybridized carbons (Fsp3) is 0.214. The molecule has 19 heavy (non-hydrogen) atoms. The molecule has 0 unspecified atom stereocenters. The van der Waals surface area contributed by atoms with E-state index in [1.165, 1.54) is 0 Å². The summed E-state index contributed by atoms with van der Waals surface area (Å²) in [7, 11) is 1.90. The van der Waals surface area contributed by atoms with E-state index in [0.29, 0.717) is 17.3 Å². The van der Waals surface area contributed by atoms with Crippen LogP contribution in [0.1, 0.15) is 17.0 Å². The molecule has 3 nitrogen and oxygen atoms in total. The first-order chi connectivity index (χ1) is 9.02. The van der Waals surface area contributed by atoms with Crippen molar-refractivity contribution in [1.82, 2.24) is 4.57 Å². The maximum absolute atomic E-state index is 9.00. The maximum Gasteiger partial charge on any atom is 0.120 e. The second-order valence-corrected chi connectivity index (χ2v) is 5.56. The third kappa shape index (κ3) is 2.94. The SMILES string of the molecule is Cc1c(CNc2ccc(Cl)c(Br)c2)cc(C#N)n1C. The molecule has 0 atom stereocenters. The van der Waals surface area contributed by atoms with Crippen molar-refractivity contribution in [2.75, 3.05) is 5.32 Å². The predicted octanol–water partition coefficient (Wildman–Crippen LogP) is 4.23. The Hall–Kier alpha value is -1.44. The Morgan fingerprint density at radius 1 is 1.42 bits per heavy atom. The van der Waals surface area contributed by atoms with Crippen molar-refractivity contribution in [2.45, 2.75) is 13.5 Å². The fourth-order valence-corrected chi connectivity index (χ4v) is 2.35. The van der Waals surface area contributed by atoms with E-state index in [4.69, 9.17) is 16.9 Å². The van der Waals surface area contributed by atoms with Crippen LogP contribution in [-0.2, 0) is 13.6 Å². The van der Waals surface area contributed by atoms with E-state index in [9.17, 15) is 0 Å². The highest BCUT2D eigenvalue weighted by Crippen LogP contribution is 2.26. The maximum atomic E-state index is 9.00. The molecule has 0 saturated carbocycles. The normalized spacial score (nSPS) is 10.3. The van der Waals surface area contributed by atoms with Gasteiger partial charge in [0, 0.05) is 29.4 Å². The highest BCUT2D eigenvalue weighted by Gasteiger charge is 2.08. The van der Waals surface area contributed by atoms with E-state index < -0.39 is 0 Å². The summed E-state index contributed by atoms with van der Waals surface area (Å²) in [5.41, 5.74) is 3.87. The second kappa shape index (κ2) is 5.68. The zero-order valence-corrected chi connectivity index (χ0v) is 13.0. The number of hydrogen-bond donors (Lipinski definition) is 1. The Kier molecular flexibility index (Phi) is 4.18. The summed E-state index contributed by atoms with van der Waals surface area (Å²) in [6.07, 6.45) is 0. The van der Waals surface area contributed by atoms with Gasteiger partial charge >= 0.3 is 0 Å². The first-order valence-electron chi connectivity index (χ1n) is 5.77. The number of hydrogen-bond acceptors (Lipinski definition) is 2. The van der Waals surface area contributed by atoms with Gasteiger partial charge in [0.15, 0.2) is 0 Å². The van der Waals surface area contributed by atoms with E-state index >= 15 is 0 Å². The number of nitriles is 1. The lowest BCUT2D eigenvalue weighted by Crippen LogP contribution is -2.01. The molecule has 0 bridgehead atoms. The van der Waals surface area contributed by atoms with Gasteiger partial charge in [0.05, 0.1) is 5.02 Å². The Morgan fingerprint density at radius 3 is 2.74 bits per heavy atom. The molecular formula is C14H13BrClN3. The predicted molar refractivity (Wildman–Crippen MR) is 81.3 cm³/mol. The van der Waals surface area contributed by atoms with Gasteiger partial charge in [-0.1, -0.05) is 11.6 Å². The smallest absolute Gasteiger partial charge is 0.120 e. The van der Waals surface area contributed by atoms with Crippen LogP contribution in [0, 0.1) is 18.3 Å². The number of nitrogens with zero attached hydrogens (tertiary/aromatic N) is 2. The Bertz CT molecular complexity index is 655. The van der Waals surface area contributed by atoms with Gasteiger partial charge in [0.25, 0.3) is 0 Å². The van der Waals surface area contributed by atoms with Gasteiger partial charge in [-0.25, -0.2) is 0 Å². The van der Waals surface area contributed by atoms with Crippen LogP contribution in [0.15, 0.2) is 28.7 Å². The number of halogens is 2. The third-order valence-corrected chi connectivity index (χ3v) is 4.37. The monoisotopic (exact) mass is 337 g/mol. The van der Waals surface area contributed by atoms with E-state index in [1.807, 2.05) is 42.8 Å². The Labute approximate surface area is 125 Å². The number of benzene rings is 1. The first kappa shape index (κ1) is 14.0. The second-order valence-electron chi connectivity index (χ2n) is 4.29. The lowest BCUT2D eigenvalue weighted by molar-refractivity contribution is 0.856. The third-order valence-electron chi connectivity index (χ3n) is 3.16. The lowest BCUT2D eigenvalue weighted by Gasteiger charge is -2.08. The van der Waals surface area contributed by atoms with E-state index in [-0.39, 0.29) is 0 Å². The van der Waals surface area contributed by atoms with E-state index in [0.717, 1.165) is 21.4 Å².